The molecule has 1 N–H and O–H groups in total. The second-order valence-electron chi connectivity index (χ2n) is 8.70. The van der Waals surface area contributed by atoms with Crippen molar-refractivity contribution in [2.45, 2.75) is 45.4 Å². The van der Waals surface area contributed by atoms with Gasteiger partial charge < -0.3 is 19.5 Å². The van der Waals surface area contributed by atoms with E-state index in [9.17, 15) is 9.18 Å². The molecule has 1 amide bonds. The Morgan fingerprint density at radius 2 is 2.03 bits per heavy atom. The maximum atomic E-state index is 13.7. The Bertz CT molecular complexity index is 1060. The predicted molar refractivity (Wildman–Crippen MR) is 115 cm³/mol. The molecule has 6 nitrogen and oxygen atoms in total. The van der Waals surface area contributed by atoms with Crippen molar-refractivity contribution in [2.75, 3.05) is 18.4 Å². The van der Waals surface area contributed by atoms with Crippen molar-refractivity contribution in [1.82, 2.24) is 14.5 Å². The number of para-hydroxylation sites is 2. The fraction of sp³-hybridized carbons (Fsp3) is 0.391. The van der Waals surface area contributed by atoms with Crippen LogP contribution in [0, 0.1) is 5.82 Å². The molecule has 0 spiro atoms. The summed E-state index contributed by atoms with van der Waals surface area (Å²) in [4.78, 5) is 18.8. The van der Waals surface area contributed by atoms with Gasteiger partial charge in [-0.25, -0.2) is 14.2 Å². The summed E-state index contributed by atoms with van der Waals surface area (Å²) < 4.78 is 21.2. The highest BCUT2D eigenvalue weighted by Gasteiger charge is 2.30. The normalized spacial score (nSPS) is 16.8. The standard InChI is InChI=1S/C23H27FN4O2/c1-23(2,3)30-22(29)27-12-11-18(15-27)25-21-26-19-9-4-5-10-20(19)28(21)14-16-7-6-8-17(24)13-16/h4-10,13,18H,11-12,14-15H2,1-3H3,(H,25,26)/t18-/m0/s1. The number of likely N-dealkylation sites (tertiary alicyclic amines) is 1. The first-order valence-corrected chi connectivity index (χ1v) is 10.2. The van der Waals surface area contributed by atoms with Crippen LogP contribution in [0.2, 0.25) is 0 Å². The molecule has 30 heavy (non-hydrogen) atoms. The predicted octanol–water partition coefficient (Wildman–Crippen LogP) is 4.65. The lowest BCUT2D eigenvalue weighted by Gasteiger charge is -2.24. The molecule has 1 saturated heterocycles. The number of amides is 1. The molecule has 4 rings (SSSR count). The molecule has 0 bridgehead atoms. The molecule has 1 aliphatic rings. The Balaban J connectivity index is 1.54. The molecule has 0 radical (unpaired) electrons. The molecular formula is C23H27FN4O2. The number of carbonyl (C=O) groups is 1. The van der Waals surface area contributed by atoms with Crippen LogP contribution in [0.3, 0.4) is 0 Å². The summed E-state index contributed by atoms with van der Waals surface area (Å²) in [6.07, 6.45) is 0.516. The van der Waals surface area contributed by atoms with E-state index in [-0.39, 0.29) is 18.0 Å². The molecule has 2 aromatic carbocycles. The average Bonchev–Trinajstić information content (AvgIpc) is 3.26. The van der Waals surface area contributed by atoms with E-state index in [0.717, 1.165) is 29.0 Å². The number of benzene rings is 2. The van der Waals surface area contributed by atoms with E-state index in [0.29, 0.717) is 19.6 Å². The lowest BCUT2D eigenvalue weighted by atomic mass is 10.2. The summed E-state index contributed by atoms with van der Waals surface area (Å²) in [7, 11) is 0. The second-order valence-corrected chi connectivity index (χ2v) is 8.70. The van der Waals surface area contributed by atoms with Gasteiger partial charge >= 0.3 is 6.09 Å². The van der Waals surface area contributed by atoms with Gasteiger partial charge in [-0.05, 0) is 57.0 Å². The smallest absolute Gasteiger partial charge is 0.410 e. The lowest BCUT2D eigenvalue weighted by Crippen LogP contribution is -2.36. The van der Waals surface area contributed by atoms with Crippen LogP contribution < -0.4 is 5.32 Å². The van der Waals surface area contributed by atoms with E-state index in [1.807, 2.05) is 51.1 Å². The van der Waals surface area contributed by atoms with Gasteiger partial charge in [0.25, 0.3) is 0 Å². The zero-order valence-electron chi connectivity index (χ0n) is 17.6. The number of carbonyl (C=O) groups excluding carboxylic acids is 1. The van der Waals surface area contributed by atoms with E-state index in [1.54, 1.807) is 17.0 Å². The van der Waals surface area contributed by atoms with E-state index < -0.39 is 5.60 Å². The van der Waals surface area contributed by atoms with E-state index in [4.69, 9.17) is 9.72 Å². The summed E-state index contributed by atoms with van der Waals surface area (Å²) >= 11 is 0. The van der Waals surface area contributed by atoms with Gasteiger partial charge in [-0.2, -0.15) is 0 Å². The van der Waals surface area contributed by atoms with Crippen molar-refractivity contribution in [3.05, 3.63) is 59.9 Å². The van der Waals surface area contributed by atoms with Crippen LogP contribution >= 0.6 is 0 Å². The molecule has 1 aromatic heterocycles. The van der Waals surface area contributed by atoms with E-state index >= 15 is 0 Å². The van der Waals surface area contributed by atoms with Crippen molar-refractivity contribution >= 4 is 23.1 Å². The Morgan fingerprint density at radius 3 is 2.80 bits per heavy atom. The molecule has 158 valence electrons. The van der Waals surface area contributed by atoms with Gasteiger partial charge in [-0.3, -0.25) is 0 Å². The Morgan fingerprint density at radius 1 is 1.23 bits per heavy atom. The zero-order chi connectivity index (χ0) is 21.3. The number of fused-ring (bicyclic) bond motifs is 1. The maximum absolute atomic E-state index is 13.7. The molecule has 1 fully saturated rings. The van der Waals surface area contributed by atoms with Crippen LogP contribution in [0.5, 0.6) is 0 Å². The third-order valence-corrected chi connectivity index (χ3v) is 5.06. The van der Waals surface area contributed by atoms with Crippen LogP contribution in [0.1, 0.15) is 32.8 Å². The molecule has 0 unspecified atom stereocenters. The molecule has 7 heteroatoms. The number of hydrogen-bond acceptors (Lipinski definition) is 4. The number of imidazole rings is 1. The lowest BCUT2D eigenvalue weighted by molar-refractivity contribution is 0.0293. The Kier molecular flexibility index (Phi) is 5.37. The van der Waals surface area contributed by atoms with Gasteiger partial charge in [0, 0.05) is 19.1 Å². The summed E-state index contributed by atoms with van der Waals surface area (Å²) in [5.41, 5.74) is 2.20. The van der Waals surface area contributed by atoms with Crippen molar-refractivity contribution < 1.29 is 13.9 Å². The van der Waals surface area contributed by atoms with Crippen LogP contribution in [-0.4, -0.2) is 45.3 Å². The SMILES string of the molecule is CC(C)(C)OC(=O)N1CC[C@H](Nc2nc3ccccc3n2Cc2cccc(F)c2)C1. The largest absolute Gasteiger partial charge is 0.444 e. The van der Waals surface area contributed by atoms with Gasteiger partial charge in [-0.15, -0.1) is 0 Å². The summed E-state index contributed by atoms with van der Waals surface area (Å²) in [5, 5.41) is 3.49. The maximum Gasteiger partial charge on any atom is 0.410 e. The average molecular weight is 410 g/mol. The third-order valence-electron chi connectivity index (χ3n) is 5.06. The number of rotatable bonds is 4. The highest BCUT2D eigenvalue weighted by atomic mass is 19.1. The first-order valence-electron chi connectivity index (χ1n) is 10.2. The molecule has 1 aliphatic heterocycles. The number of anilines is 1. The van der Waals surface area contributed by atoms with E-state index in [1.165, 1.54) is 6.07 Å². The Hall–Kier alpha value is -3.09. The molecule has 1 atom stereocenters. The van der Waals surface area contributed by atoms with Gasteiger partial charge in [-0.1, -0.05) is 24.3 Å². The number of aromatic nitrogens is 2. The topological polar surface area (TPSA) is 59.4 Å². The van der Waals surface area contributed by atoms with Crippen LogP contribution in [0.15, 0.2) is 48.5 Å². The summed E-state index contributed by atoms with van der Waals surface area (Å²) in [6, 6.07) is 14.6. The van der Waals surface area contributed by atoms with Crippen molar-refractivity contribution in [1.29, 1.82) is 0 Å². The minimum atomic E-state index is -0.512. The number of ether oxygens (including phenoxy) is 1. The van der Waals surface area contributed by atoms with Crippen LogP contribution in [0.4, 0.5) is 15.1 Å². The van der Waals surface area contributed by atoms with Gasteiger partial charge in [0.15, 0.2) is 0 Å². The fourth-order valence-electron chi connectivity index (χ4n) is 3.72. The fourth-order valence-corrected chi connectivity index (χ4v) is 3.72. The number of halogens is 1. The first kappa shape index (κ1) is 20.2. The van der Waals surface area contributed by atoms with Gasteiger partial charge in [0.1, 0.15) is 11.4 Å². The highest BCUT2D eigenvalue weighted by Crippen LogP contribution is 2.24. The molecule has 2 heterocycles. The molecular weight excluding hydrogens is 383 g/mol. The molecule has 3 aromatic rings. The Labute approximate surface area is 175 Å². The van der Waals surface area contributed by atoms with Gasteiger partial charge in [0.2, 0.25) is 5.95 Å². The summed E-state index contributed by atoms with van der Waals surface area (Å²) in [5.74, 6) is 0.465. The van der Waals surface area contributed by atoms with E-state index in [2.05, 4.69) is 9.88 Å². The zero-order valence-corrected chi connectivity index (χ0v) is 17.6. The van der Waals surface area contributed by atoms with Crippen molar-refractivity contribution in [3.8, 4) is 0 Å². The van der Waals surface area contributed by atoms with Crippen molar-refractivity contribution in [2.24, 2.45) is 0 Å². The highest BCUT2D eigenvalue weighted by molar-refractivity contribution is 5.79. The number of nitrogens with zero attached hydrogens (tertiary/aromatic N) is 3. The first-order chi connectivity index (χ1) is 14.3. The van der Waals surface area contributed by atoms with Crippen molar-refractivity contribution in [3.63, 3.8) is 0 Å². The summed E-state index contributed by atoms with van der Waals surface area (Å²) in [6.45, 7) is 7.29. The van der Waals surface area contributed by atoms with Gasteiger partial charge in [0.05, 0.1) is 17.6 Å². The monoisotopic (exact) mass is 410 g/mol. The molecule has 0 aliphatic carbocycles. The third kappa shape index (κ3) is 4.56. The van der Waals surface area contributed by atoms with Crippen LogP contribution in [0.25, 0.3) is 11.0 Å². The minimum absolute atomic E-state index is 0.0700. The minimum Gasteiger partial charge on any atom is -0.444 e. The second kappa shape index (κ2) is 7.97. The van der Waals surface area contributed by atoms with Crippen LogP contribution in [-0.2, 0) is 11.3 Å². The number of hydrogen-bond donors (Lipinski definition) is 1. The quantitative estimate of drug-likeness (QED) is 0.680. The molecule has 0 saturated carbocycles. The number of nitrogens with one attached hydrogen (secondary N) is 1.